The van der Waals surface area contributed by atoms with Crippen molar-refractivity contribution in [2.24, 2.45) is 5.41 Å². The quantitative estimate of drug-likeness (QED) is 0.746. The fourth-order valence-corrected chi connectivity index (χ4v) is 1.77. The van der Waals surface area contributed by atoms with Gasteiger partial charge >= 0.3 is 0 Å². The van der Waals surface area contributed by atoms with Gasteiger partial charge in [0, 0.05) is 11.8 Å². The summed E-state index contributed by atoms with van der Waals surface area (Å²) in [5, 5.41) is 0. The molecule has 2 nitrogen and oxygen atoms in total. The number of rotatable bonds is 4. The van der Waals surface area contributed by atoms with Crippen LogP contribution < -0.4 is 0 Å². The van der Waals surface area contributed by atoms with Gasteiger partial charge < -0.3 is 0 Å². The minimum atomic E-state index is -0.610. The Kier molecular flexibility index (Phi) is 4.22. The van der Waals surface area contributed by atoms with Gasteiger partial charge in [0.1, 0.15) is 11.7 Å². The van der Waals surface area contributed by atoms with Crippen LogP contribution >= 0.6 is 0 Å². The van der Waals surface area contributed by atoms with Gasteiger partial charge in [-0.15, -0.1) is 0 Å². The van der Waals surface area contributed by atoms with E-state index in [1.54, 1.807) is 6.92 Å². The van der Waals surface area contributed by atoms with Gasteiger partial charge in [0.2, 0.25) is 0 Å². The first-order chi connectivity index (χ1) is 7.88. The van der Waals surface area contributed by atoms with Crippen molar-refractivity contribution in [3.63, 3.8) is 0 Å². The molecule has 0 fully saturated rings. The monoisotopic (exact) mass is 232 g/mol. The van der Waals surface area contributed by atoms with Gasteiger partial charge in [-0.1, -0.05) is 58.0 Å². The molecule has 1 rings (SSSR count). The second kappa shape index (κ2) is 5.26. The van der Waals surface area contributed by atoms with Crippen molar-refractivity contribution in [2.45, 2.75) is 40.0 Å². The fourth-order valence-electron chi connectivity index (χ4n) is 1.77. The van der Waals surface area contributed by atoms with Crippen LogP contribution in [0, 0.1) is 5.41 Å². The lowest BCUT2D eigenvalue weighted by Crippen LogP contribution is -2.31. The van der Waals surface area contributed by atoms with Crippen LogP contribution in [-0.2, 0) is 9.59 Å². The Balaban J connectivity index is 3.15. The third kappa shape index (κ3) is 3.26. The largest absolute Gasteiger partial charge is 0.299 e. The van der Waals surface area contributed by atoms with E-state index >= 15 is 0 Å². The van der Waals surface area contributed by atoms with Crippen molar-refractivity contribution in [1.82, 2.24) is 0 Å². The van der Waals surface area contributed by atoms with Gasteiger partial charge in [-0.05, 0) is 5.56 Å². The van der Waals surface area contributed by atoms with E-state index in [9.17, 15) is 9.59 Å². The van der Waals surface area contributed by atoms with E-state index in [4.69, 9.17) is 0 Å². The molecule has 2 heteroatoms. The van der Waals surface area contributed by atoms with Gasteiger partial charge in [-0.3, -0.25) is 9.59 Å². The topological polar surface area (TPSA) is 34.1 Å². The predicted molar refractivity (Wildman–Crippen MR) is 68.9 cm³/mol. The summed E-state index contributed by atoms with van der Waals surface area (Å²) in [5.74, 6) is -0.618. The summed E-state index contributed by atoms with van der Waals surface area (Å²) < 4.78 is 0. The molecule has 0 amide bonds. The molecule has 0 N–H and O–H groups in total. The molecule has 1 unspecified atom stereocenters. The highest BCUT2D eigenvalue weighted by Gasteiger charge is 2.34. The summed E-state index contributed by atoms with van der Waals surface area (Å²) in [4.78, 5) is 24.3. The Morgan fingerprint density at radius 1 is 1.12 bits per heavy atom. The molecule has 17 heavy (non-hydrogen) atoms. The molecule has 0 bridgehead atoms. The zero-order valence-corrected chi connectivity index (χ0v) is 11.0. The molecule has 0 saturated heterocycles. The van der Waals surface area contributed by atoms with Crippen molar-refractivity contribution in [1.29, 1.82) is 0 Å². The fraction of sp³-hybridized carbons (Fsp3) is 0.467. The number of hydrogen-bond acceptors (Lipinski definition) is 2. The molecule has 0 saturated carbocycles. The van der Waals surface area contributed by atoms with E-state index in [2.05, 4.69) is 0 Å². The Bertz CT molecular complexity index is 399. The number of Topliss-reactive ketones (excluding diaryl/α,β-unsaturated/α-hetero) is 2. The minimum Gasteiger partial charge on any atom is -0.299 e. The van der Waals surface area contributed by atoms with E-state index < -0.39 is 11.3 Å². The first-order valence-corrected chi connectivity index (χ1v) is 6.00. The van der Waals surface area contributed by atoms with Crippen molar-refractivity contribution in [3.05, 3.63) is 35.9 Å². The molecule has 0 aliphatic carbocycles. The molecule has 0 radical (unpaired) electrons. The Morgan fingerprint density at radius 2 is 1.65 bits per heavy atom. The smallest absolute Gasteiger partial charge is 0.153 e. The molecule has 92 valence electrons. The lowest BCUT2D eigenvalue weighted by Gasteiger charge is -2.23. The Hall–Kier alpha value is -1.44. The van der Waals surface area contributed by atoms with Gasteiger partial charge in [-0.2, -0.15) is 0 Å². The van der Waals surface area contributed by atoms with E-state index in [1.807, 2.05) is 51.1 Å². The standard InChI is InChI=1S/C15H20O2/c1-5-12(16)13(14(17)15(2,3)4)11-9-7-6-8-10-11/h6-10,13H,5H2,1-4H3. The zero-order valence-electron chi connectivity index (χ0n) is 11.0. The molecular formula is C15H20O2. The highest BCUT2D eigenvalue weighted by molar-refractivity contribution is 6.09. The summed E-state index contributed by atoms with van der Waals surface area (Å²) in [5.41, 5.74) is 0.310. The number of hydrogen-bond donors (Lipinski definition) is 0. The van der Waals surface area contributed by atoms with Gasteiger partial charge in [0.15, 0.2) is 5.78 Å². The molecule has 0 aliphatic heterocycles. The summed E-state index contributed by atoms with van der Waals surface area (Å²) in [6, 6.07) is 9.31. The maximum Gasteiger partial charge on any atom is 0.153 e. The van der Waals surface area contributed by atoms with Crippen LogP contribution in [0.2, 0.25) is 0 Å². The summed E-state index contributed by atoms with van der Waals surface area (Å²) in [6.07, 6.45) is 0.390. The maximum atomic E-state index is 12.3. The third-order valence-electron chi connectivity index (χ3n) is 2.80. The third-order valence-corrected chi connectivity index (χ3v) is 2.80. The molecular weight excluding hydrogens is 212 g/mol. The number of carbonyl (C=O) groups excluding carboxylic acids is 2. The molecule has 0 aromatic heterocycles. The van der Waals surface area contributed by atoms with E-state index in [0.717, 1.165) is 5.56 Å². The van der Waals surface area contributed by atoms with Crippen molar-refractivity contribution >= 4 is 11.6 Å². The average Bonchev–Trinajstić information content (AvgIpc) is 2.29. The van der Waals surface area contributed by atoms with E-state index in [1.165, 1.54) is 0 Å². The van der Waals surface area contributed by atoms with Crippen LogP contribution in [0.25, 0.3) is 0 Å². The van der Waals surface area contributed by atoms with Crippen LogP contribution in [0.3, 0.4) is 0 Å². The van der Waals surface area contributed by atoms with Crippen LogP contribution in [0.15, 0.2) is 30.3 Å². The van der Waals surface area contributed by atoms with E-state index in [0.29, 0.717) is 6.42 Å². The van der Waals surface area contributed by atoms with Crippen LogP contribution in [0.4, 0.5) is 0 Å². The maximum absolute atomic E-state index is 12.3. The number of benzene rings is 1. The number of carbonyl (C=O) groups is 2. The highest BCUT2D eigenvalue weighted by Crippen LogP contribution is 2.28. The second-order valence-corrected chi connectivity index (χ2v) is 5.28. The van der Waals surface area contributed by atoms with Gasteiger partial charge in [0.25, 0.3) is 0 Å². The zero-order chi connectivity index (χ0) is 13.1. The highest BCUT2D eigenvalue weighted by atomic mass is 16.2. The summed E-state index contributed by atoms with van der Waals surface area (Å²) in [6.45, 7) is 7.37. The predicted octanol–water partition coefficient (Wildman–Crippen LogP) is 3.36. The van der Waals surface area contributed by atoms with Gasteiger partial charge in [-0.25, -0.2) is 0 Å². The Labute approximate surface area is 103 Å². The second-order valence-electron chi connectivity index (χ2n) is 5.28. The SMILES string of the molecule is CCC(=O)C(C(=O)C(C)(C)C)c1ccccc1. The lowest BCUT2D eigenvalue weighted by molar-refractivity contribution is -0.133. The van der Waals surface area contributed by atoms with E-state index in [-0.39, 0.29) is 11.6 Å². The normalized spacial score (nSPS) is 13.2. The average molecular weight is 232 g/mol. The van der Waals surface area contributed by atoms with Crippen molar-refractivity contribution in [3.8, 4) is 0 Å². The Morgan fingerprint density at radius 3 is 2.06 bits per heavy atom. The molecule has 1 aromatic carbocycles. The minimum absolute atomic E-state index is 0.00359. The molecule has 1 aromatic rings. The molecule has 0 spiro atoms. The van der Waals surface area contributed by atoms with Crippen LogP contribution in [0.5, 0.6) is 0 Å². The van der Waals surface area contributed by atoms with Crippen LogP contribution in [-0.4, -0.2) is 11.6 Å². The summed E-state index contributed by atoms with van der Waals surface area (Å²) in [7, 11) is 0. The van der Waals surface area contributed by atoms with Gasteiger partial charge in [0.05, 0.1) is 0 Å². The number of ketones is 2. The first kappa shape index (κ1) is 13.6. The van der Waals surface area contributed by atoms with Crippen LogP contribution in [0.1, 0.15) is 45.6 Å². The first-order valence-electron chi connectivity index (χ1n) is 6.00. The van der Waals surface area contributed by atoms with Crippen molar-refractivity contribution in [2.75, 3.05) is 0 Å². The molecule has 1 atom stereocenters. The lowest BCUT2D eigenvalue weighted by atomic mass is 9.77. The summed E-state index contributed by atoms with van der Waals surface area (Å²) >= 11 is 0. The van der Waals surface area contributed by atoms with Crippen molar-refractivity contribution < 1.29 is 9.59 Å². The molecule has 0 aliphatic rings. The molecule has 0 heterocycles.